The monoisotopic (exact) mass is 385 g/mol. The number of hydrogen-bond acceptors (Lipinski definition) is 4. The van der Waals surface area contributed by atoms with Gasteiger partial charge in [0, 0.05) is 0 Å². The molecule has 0 aliphatic rings. The fraction of sp³-hybridized carbons (Fsp3) is 0.429. The molecule has 0 unspecified atom stereocenters. The number of sulfone groups is 1. The van der Waals surface area contributed by atoms with Crippen LogP contribution in [-0.2, 0) is 9.84 Å². The Kier molecular flexibility index (Phi) is 5.12. The Hall–Kier alpha value is -2.21. The Bertz CT molecular complexity index is 1050. The van der Waals surface area contributed by atoms with Crippen molar-refractivity contribution in [1.82, 2.24) is 15.4 Å². The summed E-state index contributed by atoms with van der Waals surface area (Å²) in [6.07, 6.45) is 0. The van der Waals surface area contributed by atoms with Crippen LogP contribution in [0.25, 0.3) is 11.0 Å². The summed E-state index contributed by atoms with van der Waals surface area (Å²) < 4.78 is 27.6. The molecule has 0 fully saturated rings. The van der Waals surface area contributed by atoms with Crippen LogP contribution in [0.2, 0.25) is 0 Å². The molecule has 1 heterocycles. The first-order valence-corrected chi connectivity index (χ1v) is 10.9. The minimum atomic E-state index is -3.75. The smallest absolute Gasteiger partial charge is 0.209 e. The molecule has 1 N–H and O–H groups in total. The number of aromatic nitrogens is 3. The van der Waals surface area contributed by atoms with Gasteiger partial charge in [-0.2, -0.15) is 0 Å². The number of hydrogen-bond donors (Lipinski definition) is 1. The number of rotatable bonds is 5. The van der Waals surface area contributed by atoms with Gasteiger partial charge in [-0.05, 0) is 46.6 Å². The first-order chi connectivity index (χ1) is 12.6. The quantitative estimate of drug-likeness (QED) is 0.658. The van der Waals surface area contributed by atoms with Crippen molar-refractivity contribution in [3.05, 3.63) is 47.0 Å². The summed E-state index contributed by atoms with van der Waals surface area (Å²) in [6, 6.07) is 9.23. The maximum absolute atomic E-state index is 13.8. The Morgan fingerprint density at radius 3 is 2.00 bits per heavy atom. The second-order valence-corrected chi connectivity index (χ2v) is 9.82. The molecule has 0 aliphatic heterocycles. The van der Waals surface area contributed by atoms with E-state index in [-0.39, 0.29) is 16.7 Å². The van der Waals surface area contributed by atoms with E-state index >= 15 is 0 Å². The van der Waals surface area contributed by atoms with E-state index in [2.05, 4.69) is 41.4 Å². The molecule has 0 spiro atoms. The van der Waals surface area contributed by atoms with Crippen LogP contribution in [-0.4, -0.2) is 23.8 Å². The molecule has 144 valence electrons. The van der Waals surface area contributed by atoms with Crippen molar-refractivity contribution in [2.24, 2.45) is 0 Å². The van der Waals surface area contributed by atoms with E-state index in [1.807, 2.05) is 27.7 Å². The highest BCUT2D eigenvalue weighted by atomic mass is 32.2. The van der Waals surface area contributed by atoms with Gasteiger partial charge in [0.2, 0.25) is 9.84 Å². The van der Waals surface area contributed by atoms with Gasteiger partial charge >= 0.3 is 0 Å². The molecule has 0 bridgehead atoms. The van der Waals surface area contributed by atoms with Crippen LogP contribution in [0.15, 0.2) is 40.1 Å². The average molecular weight is 386 g/mol. The van der Waals surface area contributed by atoms with E-state index in [9.17, 15) is 8.42 Å². The largest absolute Gasteiger partial charge is 0.257 e. The second-order valence-electron chi connectivity index (χ2n) is 7.96. The summed E-state index contributed by atoms with van der Waals surface area (Å²) in [5.74, 6) is 0.501. The molecule has 0 aliphatic carbocycles. The molecule has 3 rings (SSSR count). The van der Waals surface area contributed by atoms with Gasteiger partial charge in [-0.25, -0.2) is 8.42 Å². The lowest BCUT2D eigenvalue weighted by molar-refractivity contribution is 0.591. The predicted octanol–water partition coefficient (Wildman–Crippen LogP) is 5.16. The zero-order chi connectivity index (χ0) is 19.9. The molecule has 0 saturated heterocycles. The van der Waals surface area contributed by atoms with Crippen molar-refractivity contribution in [2.75, 3.05) is 0 Å². The highest BCUT2D eigenvalue weighted by Crippen LogP contribution is 2.38. The first-order valence-electron chi connectivity index (χ1n) is 9.37. The summed E-state index contributed by atoms with van der Waals surface area (Å²) in [4.78, 5) is 0.627. The fourth-order valence-corrected chi connectivity index (χ4v) is 5.46. The van der Waals surface area contributed by atoms with E-state index in [4.69, 9.17) is 0 Å². The summed E-state index contributed by atoms with van der Waals surface area (Å²) in [5, 5.41) is 10.6. The zero-order valence-electron chi connectivity index (χ0n) is 16.7. The zero-order valence-corrected chi connectivity index (χ0v) is 17.6. The van der Waals surface area contributed by atoms with Gasteiger partial charge in [-0.1, -0.05) is 65.0 Å². The van der Waals surface area contributed by atoms with Crippen LogP contribution < -0.4 is 0 Å². The van der Waals surface area contributed by atoms with Crippen molar-refractivity contribution in [1.29, 1.82) is 0 Å². The van der Waals surface area contributed by atoms with E-state index in [0.29, 0.717) is 21.8 Å². The van der Waals surface area contributed by atoms with Crippen LogP contribution in [0, 0.1) is 0 Å². The minimum absolute atomic E-state index is 0.0856. The Labute approximate surface area is 161 Å². The highest BCUT2D eigenvalue weighted by Gasteiger charge is 2.30. The summed E-state index contributed by atoms with van der Waals surface area (Å²) in [7, 11) is -3.75. The third-order valence-corrected chi connectivity index (χ3v) is 6.87. The maximum atomic E-state index is 13.8. The molecule has 5 nitrogen and oxygen atoms in total. The van der Waals surface area contributed by atoms with Crippen molar-refractivity contribution in [3.63, 3.8) is 0 Å². The third-order valence-electron chi connectivity index (χ3n) is 4.96. The second kappa shape index (κ2) is 7.08. The van der Waals surface area contributed by atoms with Crippen LogP contribution in [0.1, 0.15) is 76.0 Å². The van der Waals surface area contributed by atoms with Crippen LogP contribution in [0.5, 0.6) is 0 Å². The third kappa shape index (κ3) is 3.38. The van der Waals surface area contributed by atoms with Crippen molar-refractivity contribution in [3.8, 4) is 0 Å². The first kappa shape index (κ1) is 19.5. The van der Waals surface area contributed by atoms with Crippen LogP contribution in [0.3, 0.4) is 0 Å². The Morgan fingerprint density at radius 2 is 1.48 bits per heavy atom. The van der Waals surface area contributed by atoms with Gasteiger partial charge in [0.05, 0.1) is 10.4 Å². The molecule has 0 atom stereocenters. The van der Waals surface area contributed by atoms with Gasteiger partial charge in [-0.3, -0.25) is 5.10 Å². The molecule has 0 saturated carbocycles. The van der Waals surface area contributed by atoms with Crippen molar-refractivity contribution < 1.29 is 8.42 Å². The van der Waals surface area contributed by atoms with Gasteiger partial charge in [-0.15, -0.1) is 5.10 Å². The molecular formula is C21H27N3O2S. The topological polar surface area (TPSA) is 75.7 Å². The highest BCUT2D eigenvalue weighted by molar-refractivity contribution is 7.91. The standard InChI is InChI=1S/C21H27N3O2S/c1-12(2)15-10-16(13(3)4)21(17(11-15)14(5)6)27(25,26)19-9-7-8-18-20(19)23-24-22-18/h7-14H,1-6H3,(H,22,23,24). The van der Waals surface area contributed by atoms with Crippen LogP contribution in [0.4, 0.5) is 0 Å². The number of nitrogens with one attached hydrogen (secondary N) is 1. The number of benzene rings is 2. The molecule has 2 aromatic carbocycles. The molecule has 6 heteroatoms. The molecule has 0 amide bonds. The Balaban J connectivity index is 2.40. The van der Waals surface area contributed by atoms with E-state index in [1.54, 1.807) is 18.2 Å². The lowest BCUT2D eigenvalue weighted by Gasteiger charge is -2.22. The van der Waals surface area contributed by atoms with E-state index < -0.39 is 9.84 Å². The molecular weight excluding hydrogens is 358 g/mol. The van der Waals surface area contributed by atoms with E-state index in [1.165, 1.54) is 5.56 Å². The molecule has 1 aromatic heterocycles. The van der Waals surface area contributed by atoms with Crippen LogP contribution >= 0.6 is 0 Å². The minimum Gasteiger partial charge on any atom is -0.257 e. The Morgan fingerprint density at radius 1 is 0.889 bits per heavy atom. The number of H-pyrrole nitrogens is 1. The van der Waals surface area contributed by atoms with Crippen molar-refractivity contribution >= 4 is 20.9 Å². The maximum Gasteiger partial charge on any atom is 0.209 e. The SMILES string of the molecule is CC(C)c1cc(C(C)C)c(S(=O)(=O)c2cccc3[nH]nnc23)c(C(C)C)c1. The summed E-state index contributed by atoms with van der Waals surface area (Å²) in [5.41, 5.74) is 3.90. The summed E-state index contributed by atoms with van der Waals surface area (Å²) >= 11 is 0. The van der Waals surface area contributed by atoms with Gasteiger partial charge in [0.15, 0.2) is 0 Å². The normalized spacial score (nSPS) is 12.6. The van der Waals surface area contributed by atoms with E-state index in [0.717, 1.165) is 11.1 Å². The number of aromatic amines is 1. The summed E-state index contributed by atoms with van der Waals surface area (Å²) in [6.45, 7) is 12.4. The average Bonchev–Trinajstić information content (AvgIpc) is 3.08. The predicted molar refractivity (Wildman–Crippen MR) is 108 cm³/mol. The van der Waals surface area contributed by atoms with Gasteiger partial charge < -0.3 is 0 Å². The molecule has 0 radical (unpaired) electrons. The fourth-order valence-electron chi connectivity index (χ4n) is 3.37. The van der Waals surface area contributed by atoms with Crippen molar-refractivity contribution in [2.45, 2.75) is 69.1 Å². The lowest BCUT2D eigenvalue weighted by Crippen LogP contribution is -2.13. The van der Waals surface area contributed by atoms with Gasteiger partial charge in [0.1, 0.15) is 10.4 Å². The number of fused-ring (bicyclic) bond motifs is 1. The molecule has 3 aromatic rings. The number of nitrogens with zero attached hydrogens (tertiary/aromatic N) is 2. The van der Waals surface area contributed by atoms with Gasteiger partial charge in [0.25, 0.3) is 0 Å². The lowest BCUT2D eigenvalue weighted by atomic mass is 9.89. The molecule has 27 heavy (non-hydrogen) atoms.